The highest BCUT2D eigenvalue weighted by atomic mass is 79.9. The van der Waals surface area contributed by atoms with E-state index in [4.69, 9.17) is 9.47 Å². The number of hydrogen-bond acceptors (Lipinski definition) is 9. The molecular weight excluding hydrogens is 786 g/mol. The molecule has 1 heterocycles. The number of rotatable bonds is 17. The molecule has 286 valence electrons. The summed E-state index contributed by atoms with van der Waals surface area (Å²) in [7, 11) is -4.32. The van der Waals surface area contributed by atoms with Crippen LogP contribution in [0.1, 0.15) is 41.5 Å². The Hall–Kier alpha value is -4.76. The van der Waals surface area contributed by atoms with Crippen molar-refractivity contribution in [2.75, 3.05) is 26.3 Å². The van der Waals surface area contributed by atoms with Gasteiger partial charge in [0.05, 0.1) is 18.1 Å². The predicted octanol–water partition coefficient (Wildman–Crippen LogP) is 6.80. The van der Waals surface area contributed by atoms with Gasteiger partial charge in [0.1, 0.15) is 11.7 Å². The van der Waals surface area contributed by atoms with Crippen LogP contribution in [0.5, 0.6) is 0 Å². The number of nitrogens with one attached hydrogen (secondary N) is 1. The van der Waals surface area contributed by atoms with Crippen LogP contribution in [0.4, 0.5) is 5.69 Å². The van der Waals surface area contributed by atoms with Crippen molar-refractivity contribution in [3.05, 3.63) is 176 Å². The van der Waals surface area contributed by atoms with E-state index in [0.29, 0.717) is 6.54 Å². The number of aliphatic hydroxyl groups excluding tert-OH is 1. The number of halogens is 1. The quantitative estimate of drug-likeness (QED) is 0.0447. The molecule has 6 rings (SSSR count). The number of hydrogen-bond donors (Lipinski definition) is 2. The molecule has 11 nitrogen and oxygen atoms in total. The summed E-state index contributed by atoms with van der Waals surface area (Å²) in [6.45, 7) is 1.29. The standard InChI is InChI=1S/C42H42BrN3O8S/c1-30(48)54-36(28-47)25-26-45-38(27-44-55(51,52)40-20-12-11-19-37(40)46(49)50)41(31-21-23-35(43)24-22-31)39(45)29-53-42(32-13-5-2-6-14-32,33-15-7-3-8-16-33)34-17-9-4-10-18-34/h2-24,36,38-39,41,44,47H,25-29H2,1H3/t36-,38-,39+,41+/m0/s1. The van der Waals surface area contributed by atoms with E-state index in [1.54, 1.807) is 0 Å². The number of nitro benzene ring substituents is 1. The van der Waals surface area contributed by atoms with Crippen molar-refractivity contribution in [1.82, 2.24) is 9.62 Å². The van der Waals surface area contributed by atoms with E-state index >= 15 is 0 Å². The van der Waals surface area contributed by atoms with E-state index in [2.05, 4.69) is 25.6 Å². The third-order valence-electron chi connectivity index (χ3n) is 10.0. The van der Waals surface area contributed by atoms with Crippen LogP contribution in [0.3, 0.4) is 0 Å². The molecule has 1 saturated heterocycles. The summed E-state index contributed by atoms with van der Waals surface area (Å²) >= 11 is 3.53. The summed E-state index contributed by atoms with van der Waals surface area (Å²) in [4.78, 5) is 24.6. The van der Waals surface area contributed by atoms with Gasteiger partial charge in [0.15, 0.2) is 4.90 Å². The molecule has 4 atom stereocenters. The maximum Gasteiger partial charge on any atom is 0.302 e. The monoisotopic (exact) mass is 827 g/mol. The zero-order valence-electron chi connectivity index (χ0n) is 30.1. The van der Waals surface area contributed by atoms with Crippen LogP contribution >= 0.6 is 15.9 Å². The van der Waals surface area contributed by atoms with E-state index < -0.39 is 55.9 Å². The number of sulfonamides is 1. The summed E-state index contributed by atoms with van der Waals surface area (Å²) < 4.78 is 43.6. The van der Waals surface area contributed by atoms with E-state index in [0.717, 1.165) is 32.8 Å². The third kappa shape index (κ3) is 8.88. The fourth-order valence-electron chi connectivity index (χ4n) is 7.52. The number of carbonyl (C=O) groups is 1. The first-order chi connectivity index (χ1) is 26.5. The van der Waals surface area contributed by atoms with Crippen molar-refractivity contribution in [3.63, 3.8) is 0 Å². The Balaban J connectivity index is 1.41. The maximum absolute atomic E-state index is 13.7. The Kier molecular flexibility index (Phi) is 12.9. The highest BCUT2D eigenvalue weighted by Gasteiger charge is 2.51. The van der Waals surface area contributed by atoms with Gasteiger partial charge in [-0.05, 0) is 46.9 Å². The lowest BCUT2D eigenvalue weighted by Crippen LogP contribution is -2.67. The van der Waals surface area contributed by atoms with Gasteiger partial charge in [0.25, 0.3) is 5.69 Å². The summed E-state index contributed by atoms with van der Waals surface area (Å²) in [5, 5.41) is 21.9. The average molecular weight is 829 g/mol. The van der Waals surface area contributed by atoms with Crippen molar-refractivity contribution < 1.29 is 32.7 Å². The summed E-state index contributed by atoms with van der Waals surface area (Å²) in [6, 6.07) is 42.2. The van der Waals surface area contributed by atoms with Crippen molar-refractivity contribution in [3.8, 4) is 0 Å². The number of carbonyl (C=O) groups excluding carboxylic acids is 1. The first-order valence-corrected chi connectivity index (χ1v) is 20.2. The minimum absolute atomic E-state index is 0.0931. The van der Waals surface area contributed by atoms with Gasteiger partial charge in [-0.25, -0.2) is 13.1 Å². The molecule has 55 heavy (non-hydrogen) atoms. The molecule has 0 aliphatic carbocycles. The second kappa shape index (κ2) is 17.8. The molecule has 1 aliphatic heterocycles. The molecular formula is C42H42BrN3O8S. The largest absolute Gasteiger partial charge is 0.460 e. The second-order valence-corrected chi connectivity index (χ2v) is 16.0. The minimum Gasteiger partial charge on any atom is -0.460 e. The van der Waals surface area contributed by atoms with Crippen LogP contribution in [-0.2, 0) is 29.9 Å². The molecule has 0 radical (unpaired) electrons. The zero-order chi connectivity index (χ0) is 39.0. The molecule has 5 aromatic rings. The molecule has 0 aromatic heterocycles. The van der Waals surface area contributed by atoms with Gasteiger partial charge in [-0.3, -0.25) is 19.8 Å². The van der Waals surface area contributed by atoms with Crippen molar-refractivity contribution in [2.24, 2.45) is 0 Å². The first-order valence-electron chi connectivity index (χ1n) is 17.9. The number of para-hydroxylation sites is 1. The third-order valence-corrected chi connectivity index (χ3v) is 12.0. The Morgan fingerprint density at radius 3 is 1.89 bits per heavy atom. The number of benzene rings is 5. The van der Waals surface area contributed by atoms with Crippen LogP contribution in [-0.4, -0.2) is 73.8 Å². The topological polar surface area (TPSA) is 148 Å². The summed E-state index contributed by atoms with van der Waals surface area (Å²) in [6.07, 6.45) is -0.527. The summed E-state index contributed by atoms with van der Waals surface area (Å²) in [5.41, 5.74) is 2.13. The molecule has 1 fully saturated rings. The molecule has 0 bridgehead atoms. The Morgan fingerprint density at radius 1 is 0.855 bits per heavy atom. The normalized spacial score (nSPS) is 17.9. The molecule has 0 saturated carbocycles. The fourth-order valence-corrected chi connectivity index (χ4v) is 9.01. The van der Waals surface area contributed by atoms with E-state index in [-0.39, 0.29) is 31.5 Å². The number of nitro groups is 1. The predicted molar refractivity (Wildman–Crippen MR) is 212 cm³/mol. The van der Waals surface area contributed by atoms with Crippen LogP contribution < -0.4 is 4.72 Å². The molecule has 13 heteroatoms. The van der Waals surface area contributed by atoms with Crippen molar-refractivity contribution in [1.29, 1.82) is 0 Å². The van der Waals surface area contributed by atoms with Crippen LogP contribution in [0.15, 0.2) is 149 Å². The molecule has 0 spiro atoms. The smallest absolute Gasteiger partial charge is 0.302 e. The Morgan fingerprint density at radius 2 is 1.38 bits per heavy atom. The zero-order valence-corrected chi connectivity index (χ0v) is 32.5. The molecule has 2 N–H and O–H groups in total. The molecule has 0 amide bonds. The van der Waals surface area contributed by atoms with Gasteiger partial charge in [-0.15, -0.1) is 0 Å². The van der Waals surface area contributed by atoms with E-state index in [1.165, 1.54) is 25.1 Å². The van der Waals surface area contributed by atoms with Gasteiger partial charge in [-0.1, -0.05) is 131 Å². The highest BCUT2D eigenvalue weighted by Crippen LogP contribution is 2.45. The van der Waals surface area contributed by atoms with Crippen molar-refractivity contribution >= 4 is 37.6 Å². The highest BCUT2D eigenvalue weighted by molar-refractivity contribution is 9.10. The lowest BCUT2D eigenvalue weighted by atomic mass is 9.74. The van der Waals surface area contributed by atoms with Gasteiger partial charge < -0.3 is 14.6 Å². The minimum atomic E-state index is -4.32. The SMILES string of the molecule is CC(=O)O[C@H](CO)CCN1[C@H](COC(c2ccccc2)(c2ccccc2)c2ccccc2)[C@H](c2ccc(Br)cc2)[C@@H]1CNS(=O)(=O)c1ccccc1[N+](=O)[O-]. The fraction of sp³-hybridized carbons (Fsp3) is 0.262. The number of nitrogens with zero attached hydrogens (tertiary/aromatic N) is 2. The molecule has 0 unspecified atom stereocenters. The number of aliphatic hydroxyl groups is 1. The lowest BCUT2D eigenvalue weighted by Gasteiger charge is -2.56. The van der Waals surface area contributed by atoms with E-state index in [1.807, 2.05) is 115 Å². The number of esters is 1. The molecule has 5 aromatic carbocycles. The van der Waals surface area contributed by atoms with Crippen LogP contribution in [0, 0.1) is 10.1 Å². The molecule has 1 aliphatic rings. The number of ether oxygens (including phenoxy) is 2. The van der Waals surface area contributed by atoms with Crippen LogP contribution in [0.25, 0.3) is 0 Å². The average Bonchev–Trinajstić information content (AvgIpc) is 3.20. The first kappa shape index (κ1) is 39.9. The van der Waals surface area contributed by atoms with Gasteiger partial charge in [0.2, 0.25) is 10.0 Å². The second-order valence-electron chi connectivity index (χ2n) is 13.3. The van der Waals surface area contributed by atoms with Crippen LogP contribution in [0.2, 0.25) is 0 Å². The van der Waals surface area contributed by atoms with Gasteiger partial charge >= 0.3 is 5.97 Å². The maximum atomic E-state index is 13.7. The Labute approximate surface area is 329 Å². The number of likely N-dealkylation sites (tertiary alicyclic amines) is 1. The van der Waals surface area contributed by atoms with Gasteiger partial charge in [0, 0.05) is 48.6 Å². The van der Waals surface area contributed by atoms with E-state index in [9.17, 15) is 28.4 Å². The summed E-state index contributed by atoms with van der Waals surface area (Å²) in [5.74, 6) is -0.801. The lowest BCUT2D eigenvalue weighted by molar-refractivity contribution is -0.387. The van der Waals surface area contributed by atoms with Crippen molar-refractivity contribution in [2.45, 2.75) is 47.9 Å². The van der Waals surface area contributed by atoms with Gasteiger partial charge in [-0.2, -0.15) is 0 Å². The Bertz CT molecular complexity index is 2060.